The summed E-state index contributed by atoms with van der Waals surface area (Å²) in [4.78, 5) is 28.6. The molecule has 0 radical (unpaired) electrons. The number of rotatable bonds is 2. The fourth-order valence-corrected chi connectivity index (χ4v) is 5.78. The van der Waals surface area contributed by atoms with Crippen molar-refractivity contribution < 1.29 is 21.7 Å². The van der Waals surface area contributed by atoms with Gasteiger partial charge in [0.1, 0.15) is 26.6 Å². The molecule has 0 atom stereocenters. The zero-order valence-electron chi connectivity index (χ0n) is 17.0. The predicted molar refractivity (Wildman–Crippen MR) is 123 cm³/mol. The van der Waals surface area contributed by atoms with Gasteiger partial charge in [-0.1, -0.05) is 35.3 Å². The van der Waals surface area contributed by atoms with Crippen LogP contribution >= 0.6 is 35.1 Å². The van der Waals surface area contributed by atoms with E-state index in [1.54, 1.807) is 5.54 Å². The van der Waals surface area contributed by atoms with Crippen molar-refractivity contribution in [3.63, 3.8) is 0 Å². The van der Waals surface area contributed by atoms with E-state index in [2.05, 4.69) is 29.9 Å². The van der Waals surface area contributed by atoms with Crippen molar-refractivity contribution in [3.8, 4) is 0 Å². The molecule has 5 aliphatic heterocycles. The smallest absolute Gasteiger partial charge is 0.265 e. The number of aromatic amines is 1. The Bertz CT molecular complexity index is 923. The fraction of sp³-hybridized carbons (Fsp3) is 0.474. The molecule has 2 aromatic rings. The molecule has 4 bridgehead atoms. The number of fused-ring (bicyclic) bond motifs is 1. The molecule has 8 nitrogen and oxygen atoms in total. The van der Waals surface area contributed by atoms with Crippen LogP contribution in [0.3, 0.4) is 0 Å². The highest BCUT2D eigenvalue weighted by Crippen LogP contribution is 2.28. The molecule has 170 valence electrons. The van der Waals surface area contributed by atoms with Gasteiger partial charge >= 0.3 is 0 Å². The first-order valence-electron chi connectivity index (χ1n) is 9.81. The van der Waals surface area contributed by atoms with Crippen molar-refractivity contribution in [2.24, 2.45) is 0 Å². The first kappa shape index (κ1) is 24.5. The lowest BCUT2D eigenvalue weighted by molar-refractivity contribution is -0.975. The van der Waals surface area contributed by atoms with Crippen molar-refractivity contribution in [2.45, 2.75) is 6.42 Å². The van der Waals surface area contributed by atoms with Gasteiger partial charge in [-0.15, -0.1) is 0 Å². The Kier molecular flexibility index (Phi) is 8.82. The van der Waals surface area contributed by atoms with E-state index < -0.39 is 0 Å². The van der Waals surface area contributed by atoms with Crippen LogP contribution in [0.1, 0.15) is 6.42 Å². The summed E-state index contributed by atoms with van der Waals surface area (Å²) in [5.41, 5.74) is 1.66. The second-order valence-electron chi connectivity index (χ2n) is 7.90. The summed E-state index contributed by atoms with van der Waals surface area (Å²) < 4.78 is 7.42. The van der Waals surface area contributed by atoms with E-state index >= 15 is 0 Å². The summed E-state index contributed by atoms with van der Waals surface area (Å²) in [7, 11) is 0. The van der Waals surface area contributed by atoms with E-state index in [4.69, 9.17) is 11.6 Å². The molecule has 0 saturated carbocycles. The number of halogens is 2. The van der Waals surface area contributed by atoms with Gasteiger partial charge in [0.2, 0.25) is 5.91 Å². The highest BCUT2D eigenvalue weighted by Gasteiger charge is 2.47. The van der Waals surface area contributed by atoms with Crippen molar-refractivity contribution in [3.05, 3.63) is 46.2 Å². The van der Waals surface area contributed by atoms with Gasteiger partial charge in [0.25, 0.3) is 5.56 Å². The van der Waals surface area contributed by atoms with Crippen LogP contribution in [0, 0.1) is 0 Å². The lowest BCUT2D eigenvalue weighted by Crippen LogP contribution is -3.00. The summed E-state index contributed by atoms with van der Waals surface area (Å²) in [6.07, 6.45) is 2.78. The maximum absolute atomic E-state index is 10.9. The zero-order chi connectivity index (χ0) is 21.0. The van der Waals surface area contributed by atoms with Crippen molar-refractivity contribution in [1.82, 2.24) is 23.8 Å². The number of carbonyl (C=O) groups is 1. The molecule has 5 aliphatic rings. The van der Waals surface area contributed by atoms with Crippen LogP contribution in [-0.2, 0) is 4.79 Å². The maximum Gasteiger partial charge on any atom is 0.265 e. The number of H-pyrrole nitrogens is 1. The number of hydrogen-bond donors (Lipinski definition) is 2. The minimum atomic E-state index is 0. The molecule has 1 aromatic carbocycles. The number of hydrogen-bond acceptors (Lipinski definition) is 7. The molecule has 1 aromatic heterocycles. The van der Waals surface area contributed by atoms with Gasteiger partial charge in [0.15, 0.2) is 0 Å². The number of carbonyl (C=O) groups excluding carboxylic acids is 1. The molecule has 31 heavy (non-hydrogen) atoms. The van der Waals surface area contributed by atoms with E-state index in [0.29, 0.717) is 6.42 Å². The summed E-state index contributed by atoms with van der Waals surface area (Å²) in [6, 6.07) is 7.54. The Morgan fingerprint density at radius 2 is 1.71 bits per heavy atom. The second kappa shape index (κ2) is 11.2. The van der Waals surface area contributed by atoms with Gasteiger partial charge in [-0.05, 0) is 30.2 Å². The Balaban J connectivity index is 0.000000141. The minimum absolute atomic E-state index is 0. The Hall–Kier alpha value is -1.11. The van der Waals surface area contributed by atoms with Crippen molar-refractivity contribution in [2.75, 3.05) is 52.3 Å². The van der Waals surface area contributed by atoms with Gasteiger partial charge in [-0.2, -0.15) is 0 Å². The molecule has 7 rings (SSSR count). The quantitative estimate of drug-likeness (QED) is 0.403. The second-order valence-corrected chi connectivity index (χ2v) is 9.90. The molecule has 0 aliphatic carbocycles. The van der Waals surface area contributed by atoms with Gasteiger partial charge in [0, 0.05) is 17.7 Å². The summed E-state index contributed by atoms with van der Waals surface area (Å²) in [5, 5.41) is 0.785. The van der Waals surface area contributed by atoms with Crippen molar-refractivity contribution >= 4 is 51.1 Å². The van der Waals surface area contributed by atoms with Gasteiger partial charge in [0.05, 0.1) is 30.1 Å². The summed E-state index contributed by atoms with van der Waals surface area (Å²) >= 11 is 8.47. The average molecular weight is 505 g/mol. The topological polar surface area (TPSA) is 71.7 Å². The Morgan fingerprint density at radius 1 is 1.06 bits per heavy atom. The van der Waals surface area contributed by atoms with Gasteiger partial charge < -0.3 is 17.1 Å². The fourth-order valence-electron chi connectivity index (χ4n) is 4.32. The maximum atomic E-state index is 10.9. The molecule has 6 heterocycles. The average Bonchev–Trinajstić information content (AvgIpc) is 3.36. The third-order valence-electron chi connectivity index (χ3n) is 5.28. The van der Waals surface area contributed by atoms with Crippen LogP contribution < -0.4 is 22.7 Å². The molecule has 0 spiro atoms. The standard InChI is InChI=1S/C9H16ClN4.C7H5NOS.C3H5NOS.ClH/c10-2-1-3-14-7-11-4-12(8-14)6-13(5-11)9-14;9-7-5-3-1-2-4-6(5)10-8-7;5-3-1-2-6-4-3;/h1-2H,3-9H2;1-4H,(H,8,9);1-2H2,(H,4,5);1H/q+1;;;/p-1. The number of quaternary nitrogens is 1. The molecule has 12 heteroatoms. The number of benzene rings is 1. The lowest BCUT2D eigenvalue weighted by Gasteiger charge is -2.60. The molecule has 5 saturated heterocycles. The van der Waals surface area contributed by atoms with Crippen LogP contribution in [0.2, 0.25) is 0 Å². The van der Waals surface area contributed by atoms with E-state index in [0.717, 1.165) is 46.9 Å². The third kappa shape index (κ3) is 6.23. The number of nitrogens with one attached hydrogen (secondary N) is 2. The largest absolute Gasteiger partial charge is 1.00 e. The zero-order valence-corrected chi connectivity index (χ0v) is 20.2. The Morgan fingerprint density at radius 3 is 2.19 bits per heavy atom. The van der Waals surface area contributed by atoms with Crippen LogP contribution in [0.4, 0.5) is 0 Å². The van der Waals surface area contributed by atoms with Crippen molar-refractivity contribution in [1.29, 1.82) is 0 Å². The summed E-state index contributed by atoms with van der Waals surface area (Å²) in [6.45, 7) is 8.09. The first-order chi connectivity index (χ1) is 14.6. The van der Waals surface area contributed by atoms with E-state index in [9.17, 15) is 9.59 Å². The highest BCUT2D eigenvalue weighted by molar-refractivity contribution is 7.98. The van der Waals surface area contributed by atoms with E-state index in [-0.39, 0.29) is 23.9 Å². The minimum Gasteiger partial charge on any atom is -1.00 e. The SMILES string of the molecule is ClC=CC[N+]12CN3CN(CN(C3)C1)C2.O=C1CCSN1.O=c1[nH]sc2ccccc12.[Cl-]. The molecular weight excluding hydrogens is 479 g/mol. The highest BCUT2D eigenvalue weighted by atomic mass is 35.5. The van der Waals surface area contributed by atoms with Crippen LogP contribution in [0.5, 0.6) is 0 Å². The lowest BCUT2D eigenvalue weighted by atomic mass is 10.3. The van der Waals surface area contributed by atoms with E-state index in [1.165, 1.54) is 43.5 Å². The monoisotopic (exact) mass is 504 g/mol. The number of aromatic nitrogens is 1. The summed E-state index contributed by atoms with van der Waals surface area (Å²) in [5.74, 6) is 1.11. The number of nitrogens with zero attached hydrogens (tertiary/aromatic N) is 4. The predicted octanol–water partition coefficient (Wildman–Crippen LogP) is -1.00. The van der Waals surface area contributed by atoms with Crippen LogP contribution in [0.15, 0.2) is 40.7 Å². The Labute approximate surface area is 201 Å². The van der Waals surface area contributed by atoms with Gasteiger partial charge in [-0.25, -0.2) is 14.7 Å². The van der Waals surface area contributed by atoms with Gasteiger partial charge in [-0.3, -0.25) is 18.4 Å². The van der Waals surface area contributed by atoms with Crippen LogP contribution in [0.25, 0.3) is 10.1 Å². The molecule has 2 N–H and O–H groups in total. The number of amides is 1. The van der Waals surface area contributed by atoms with E-state index in [1.807, 2.05) is 24.3 Å². The first-order valence-corrected chi connectivity index (χ1v) is 12.0. The molecule has 0 unspecified atom stereocenters. The third-order valence-corrected chi connectivity index (χ3v) is 7.11. The van der Waals surface area contributed by atoms with Crippen LogP contribution in [-0.4, -0.2) is 81.8 Å². The normalized spacial score (nSPS) is 30.2. The molecule has 1 amide bonds. The molecule has 5 fully saturated rings. The molecular formula is C19H26Cl2N6O2S2.